The summed E-state index contributed by atoms with van der Waals surface area (Å²) in [4.78, 5) is 30.5. The number of anilines is 1. The Hall–Kier alpha value is -3.15. The molecule has 6 heteroatoms. The third-order valence-electron chi connectivity index (χ3n) is 3.41. The molecular weight excluding hydrogens is 292 g/mol. The van der Waals surface area contributed by atoms with Crippen LogP contribution in [0.1, 0.15) is 23.0 Å². The van der Waals surface area contributed by atoms with Gasteiger partial charge < -0.3 is 15.6 Å². The molecule has 3 rings (SSSR count). The molecule has 23 heavy (non-hydrogen) atoms. The number of nitrogens with one attached hydrogen (secondary N) is 3. The highest BCUT2D eigenvalue weighted by Gasteiger charge is 2.08. The molecule has 3 aromatic rings. The number of hydrogen-bond donors (Lipinski definition) is 3. The molecule has 0 aliphatic rings. The molecule has 0 spiro atoms. The van der Waals surface area contributed by atoms with Crippen LogP contribution in [0.15, 0.2) is 48.8 Å². The molecule has 0 unspecified atom stereocenters. The molecule has 6 nitrogen and oxygen atoms in total. The van der Waals surface area contributed by atoms with E-state index >= 15 is 0 Å². The molecule has 0 atom stereocenters. The lowest BCUT2D eigenvalue weighted by Gasteiger charge is -2.07. The molecule has 0 bridgehead atoms. The van der Waals surface area contributed by atoms with Crippen molar-refractivity contribution in [1.29, 1.82) is 0 Å². The van der Waals surface area contributed by atoms with Crippen molar-refractivity contribution < 1.29 is 9.59 Å². The summed E-state index contributed by atoms with van der Waals surface area (Å²) in [5, 5.41) is 6.55. The number of fused-ring (bicyclic) bond motifs is 1. The zero-order valence-electron chi connectivity index (χ0n) is 12.6. The minimum Gasteiger partial charge on any atom is -0.361 e. The first kappa shape index (κ1) is 14.8. The summed E-state index contributed by atoms with van der Waals surface area (Å²) in [7, 11) is 0. The Morgan fingerprint density at radius 1 is 1.17 bits per heavy atom. The summed E-state index contributed by atoms with van der Waals surface area (Å²) in [6.45, 7) is 1.74. The first-order valence-electron chi connectivity index (χ1n) is 7.20. The van der Waals surface area contributed by atoms with E-state index in [2.05, 4.69) is 20.6 Å². The molecule has 0 fully saturated rings. The van der Waals surface area contributed by atoms with Gasteiger partial charge in [-0.25, -0.2) is 0 Å². The van der Waals surface area contributed by atoms with Crippen molar-refractivity contribution in [2.75, 3.05) is 5.32 Å². The molecule has 2 aromatic heterocycles. The summed E-state index contributed by atoms with van der Waals surface area (Å²) < 4.78 is 0. The lowest BCUT2D eigenvalue weighted by Crippen LogP contribution is -2.20. The maximum Gasteiger partial charge on any atom is 0.255 e. The van der Waals surface area contributed by atoms with E-state index in [-0.39, 0.29) is 11.8 Å². The third-order valence-corrected chi connectivity index (χ3v) is 3.41. The number of carbonyl (C=O) groups is 2. The maximum atomic E-state index is 12.3. The van der Waals surface area contributed by atoms with Gasteiger partial charge in [0, 0.05) is 41.5 Å². The fourth-order valence-corrected chi connectivity index (χ4v) is 2.27. The average molecular weight is 308 g/mol. The van der Waals surface area contributed by atoms with Crippen LogP contribution in [-0.2, 0) is 11.3 Å². The summed E-state index contributed by atoms with van der Waals surface area (Å²) in [6.07, 6.45) is 3.41. The number of H-pyrrole nitrogens is 1. The summed E-state index contributed by atoms with van der Waals surface area (Å²) in [5.74, 6) is -0.354. The third kappa shape index (κ3) is 3.55. The summed E-state index contributed by atoms with van der Waals surface area (Å²) in [5.41, 5.74) is 2.87. The van der Waals surface area contributed by atoms with E-state index in [1.165, 1.54) is 6.92 Å². The number of amides is 2. The highest BCUT2D eigenvalue weighted by molar-refractivity contribution is 6.05. The number of benzene rings is 1. The number of hydrogen-bond acceptors (Lipinski definition) is 3. The molecule has 0 radical (unpaired) electrons. The number of aromatic amines is 1. The highest BCUT2D eigenvalue weighted by atomic mass is 16.2. The van der Waals surface area contributed by atoms with E-state index in [0.717, 1.165) is 16.6 Å². The summed E-state index contributed by atoms with van der Waals surface area (Å²) >= 11 is 0. The maximum absolute atomic E-state index is 12.3. The van der Waals surface area contributed by atoms with Gasteiger partial charge >= 0.3 is 0 Å². The van der Waals surface area contributed by atoms with Crippen LogP contribution in [0, 0.1) is 0 Å². The quantitative estimate of drug-likeness (QED) is 0.692. The zero-order chi connectivity index (χ0) is 16.2. The van der Waals surface area contributed by atoms with Crippen molar-refractivity contribution >= 4 is 28.4 Å². The van der Waals surface area contributed by atoms with Crippen molar-refractivity contribution in [3.63, 3.8) is 0 Å². The van der Waals surface area contributed by atoms with Gasteiger partial charge in [0.05, 0.1) is 12.2 Å². The standard InChI is InChI=1S/C17H16N4O2/c1-11(22)20-10-15-9-13(5-6-18-15)17(23)21-14-2-3-16-12(8-14)4-7-19-16/h2-9,19H,10H2,1H3,(H,20,22)(H,21,23). The Morgan fingerprint density at radius 3 is 2.87 bits per heavy atom. The van der Waals surface area contributed by atoms with Crippen LogP contribution >= 0.6 is 0 Å². The molecule has 2 heterocycles. The lowest BCUT2D eigenvalue weighted by molar-refractivity contribution is -0.119. The van der Waals surface area contributed by atoms with E-state index in [4.69, 9.17) is 0 Å². The van der Waals surface area contributed by atoms with Gasteiger partial charge in [0.1, 0.15) is 0 Å². The van der Waals surface area contributed by atoms with Crippen molar-refractivity contribution in [2.24, 2.45) is 0 Å². The van der Waals surface area contributed by atoms with Gasteiger partial charge in [0.2, 0.25) is 5.91 Å². The fourth-order valence-electron chi connectivity index (χ4n) is 2.27. The van der Waals surface area contributed by atoms with Crippen molar-refractivity contribution in [3.8, 4) is 0 Å². The SMILES string of the molecule is CC(=O)NCc1cc(C(=O)Nc2ccc3[nH]ccc3c2)ccn1. The number of nitrogens with zero attached hydrogens (tertiary/aromatic N) is 1. The number of carbonyl (C=O) groups excluding carboxylic acids is 2. The molecule has 0 aliphatic heterocycles. The minimum absolute atomic E-state index is 0.138. The predicted octanol–water partition coefficient (Wildman–Crippen LogP) is 2.45. The molecule has 0 saturated heterocycles. The average Bonchev–Trinajstić information content (AvgIpc) is 3.01. The smallest absolute Gasteiger partial charge is 0.255 e. The van der Waals surface area contributed by atoms with E-state index in [0.29, 0.717) is 17.8 Å². The number of pyridine rings is 1. The molecule has 2 amide bonds. The minimum atomic E-state index is -0.216. The van der Waals surface area contributed by atoms with Crippen LogP contribution in [0.25, 0.3) is 10.9 Å². The fraction of sp³-hybridized carbons (Fsp3) is 0.118. The van der Waals surface area contributed by atoms with Crippen LogP contribution in [0.3, 0.4) is 0 Å². The van der Waals surface area contributed by atoms with Crippen molar-refractivity contribution in [3.05, 3.63) is 60.0 Å². The van der Waals surface area contributed by atoms with E-state index in [9.17, 15) is 9.59 Å². The predicted molar refractivity (Wildman–Crippen MR) is 88.0 cm³/mol. The Kier molecular flexibility index (Phi) is 4.05. The van der Waals surface area contributed by atoms with Gasteiger partial charge in [-0.2, -0.15) is 0 Å². The second kappa shape index (κ2) is 6.31. The molecule has 0 aliphatic carbocycles. The Balaban J connectivity index is 1.74. The van der Waals surface area contributed by atoms with Gasteiger partial charge in [-0.15, -0.1) is 0 Å². The van der Waals surface area contributed by atoms with Gasteiger partial charge in [-0.3, -0.25) is 14.6 Å². The number of rotatable bonds is 4. The molecule has 116 valence electrons. The molecule has 3 N–H and O–H groups in total. The Bertz CT molecular complexity index is 870. The van der Waals surface area contributed by atoms with Crippen LogP contribution < -0.4 is 10.6 Å². The molecular formula is C17H16N4O2. The van der Waals surface area contributed by atoms with Gasteiger partial charge in [-0.1, -0.05) is 0 Å². The largest absolute Gasteiger partial charge is 0.361 e. The van der Waals surface area contributed by atoms with Crippen LogP contribution in [-0.4, -0.2) is 21.8 Å². The lowest BCUT2D eigenvalue weighted by atomic mass is 10.2. The number of aromatic nitrogens is 2. The second-order valence-corrected chi connectivity index (χ2v) is 5.18. The van der Waals surface area contributed by atoms with Gasteiger partial charge in [-0.05, 0) is 36.4 Å². The van der Waals surface area contributed by atoms with Gasteiger partial charge in [0.15, 0.2) is 0 Å². The van der Waals surface area contributed by atoms with E-state index in [1.807, 2.05) is 30.5 Å². The first-order valence-corrected chi connectivity index (χ1v) is 7.20. The zero-order valence-corrected chi connectivity index (χ0v) is 12.6. The van der Waals surface area contributed by atoms with Crippen molar-refractivity contribution in [2.45, 2.75) is 13.5 Å². The second-order valence-electron chi connectivity index (χ2n) is 5.18. The summed E-state index contributed by atoms with van der Waals surface area (Å²) in [6, 6.07) is 10.9. The molecule has 0 saturated carbocycles. The van der Waals surface area contributed by atoms with Crippen LogP contribution in [0.4, 0.5) is 5.69 Å². The first-order chi connectivity index (χ1) is 11.1. The highest BCUT2D eigenvalue weighted by Crippen LogP contribution is 2.18. The Labute approximate surface area is 132 Å². The van der Waals surface area contributed by atoms with Gasteiger partial charge in [0.25, 0.3) is 5.91 Å². The van der Waals surface area contributed by atoms with Crippen LogP contribution in [0.5, 0.6) is 0 Å². The molecule has 1 aromatic carbocycles. The Morgan fingerprint density at radius 2 is 2.04 bits per heavy atom. The normalized spacial score (nSPS) is 10.5. The topological polar surface area (TPSA) is 86.9 Å². The van der Waals surface area contributed by atoms with E-state index < -0.39 is 0 Å². The van der Waals surface area contributed by atoms with E-state index in [1.54, 1.807) is 18.3 Å². The van der Waals surface area contributed by atoms with Crippen molar-refractivity contribution in [1.82, 2.24) is 15.3 Å². The van der Waals surface area contributed by atoms with Crippen LogP contribution in [0.2, 0.25) is 0 Å². The monoisotopic (exact) mass is 308 g/mol.